The second-order valence-corrected chi connectivity index (χ2v) is 11.8. The Bertz CT molecular complexity index is 2490. The van der Waals surface area contributed by atoms with Crippen molar-refractivity contribution in [1.82, 2.24) is 20.0 Å². The molecule has 9 aromatic rings. The molecule has 4 nitrogen and oxygen atoms in total. The lowest BCUT2D eigenvalue weighted by molar-refractivity contribution is 0.766. The molecule has 0 saturated heterocycles. The van der Waals surface area contributed by atoms with Crippen molar-refractivity contribution in [2.45, 2.75) is 0 Å². The van der Waals surface area contributed by atoms with Gasteiger partial charge in [-0.3, -0.25) is 4.98 Å². The van der Waals surface area contributed by atoms with Crippen LogP contribution < -0.4 is 0 Å². The lowest BCUT2D eigenvalue weighted by Crippen LogP contribution is -1.98. The average molecular weight is 601 g/mol. The Morgan fingerprint density at radius 3 is 1.55 bits per heavy atom. The molecule has 0 fully saturated rings. The Morgan fingerprint density at radius 2 is 0.894 bits per heavy atom. The Morgan fingerprint density at radius 1 is 0.362 bits per heavy atom. The third kappa shape index (κ3) is 4.75. The van der Waals surface area contributed by atoms with Crippen molar-refractivity contribution < 1.29 is 0 Å². The van der Waals surface area contributed by atoms with Gasteiger partial charge in [-0.1, -0.05) is 127 Å². The van der Waals surface area contributed by atoms with Crippen molar-refractivity contribution in [3.05, 3.63) is 170 Å². The molecule has 0 unspecified atom stereocenters. The fourth-order valence-electron chi connectivity index (χ4n) is 6.74. The van der Waals surface area contributed by atoms with E-state index in [-0.39, 0.29) is 0 Å². The van der Waals surface area contributed by atoms with Gasteiger partial charge in [0.2, 0.25) is 0 Å². The SMILES string of the molecule is c1ccc(-c2c3ccccc3c(-c3ccc(-c4ccc5nn(-c6cccc(-c7cccnc7)c6)nc5c4)cc3)c3ccccc23)cc1. The van der Waals surface area contributed by atoms with E-state index < -0.39 is 0 Å². The van der Waals surface area contributed by atoms with Crippen molar-refractivity contribution in [2.75, 3.05) is 0 Å². The van der Waals surface area contributed by atoms with Crippen LogP contribution in [0.2, 0.25) is 0 Å². The van der Waals surface area contributed by atoms with Crippen LogP contribution in [0.1, 0.15) is 0 Å². The van der Waals surface area contributed by atoms with Crippen LogP contribution in [0.4, 0.5) is 0 Å². The summed E-state index contributed by atoms with van der Waals surface area (Å²) in [5.74, 6) is 0. The predicted octanol–water partition coefficient (Wildman–Crippen LogP) is 10.8. The molecule has 0 N–H and O–H groups in total. The highest BCUT2D eigenvalue weighted by molar-refractivity contribution is 6.21. The molecule has 47 heavy (non-hydrogen) atoms. The van der Waals surface area contributed by atoms with Crippen LogP contribution in [0.3, 0.4) is 0 Å². The molecule has 0 aliphatic heterocycles. The Balaban J connectivity index is 1.10. The zero-order chi connectivity index (χ0) is 31.2. The van der Waals surface area contributed by atoms with Crippen molar-refractivity contribution in [1.29, 1.82) is 0 Å². The average Bonchev–Trinajstić information content (AvgIpc) is 3.59. The van der Waals surface area contributed by atoms with Gasteiger partial charge in [-0.15, -0.1) is 10.2 Å². The molecule has 0 radical (unpaired) electrons. The molecule has 0 aliphatic carbocycles. The van der Waals surface area contributed by atoms with E-state index in [1.807, 2.05) is 24.4 Å². The molecule has 2 aromatic heterocycles. The number of pyridine rings is 1. The molecule has 0 aliphatic rings. The first kappa shape index (κ1) is 27.0. The highest BCUT2D eigenvalue weighted by atomic mass is 15.5. The van der Waals surface area contributed by atoms with E-state index in [1.54, 1.807) is 11.0 Å². The van der Waals surface area contributed by atoms with Crippen LogP contribution in [0.15, 0.2) is 170 Å². The van der Waals surface area contributed by atoms with Gasteiger partial charge in [0.25, 0.3) is 0 Å². The summed E-state index contributed by atoms with van der Waals surface area (Å²) in [6, 6.07) is 55.7. The Kier molecular flexibility index (Phi) is 6.43. The van der Waals surface area contributed by atoms with E-state index in [0.717, 1.165) is 39.0 Å². The highest BCUT2D eigenvalue weighted by Gasteiger charge is 2.16. The van der Waals surface area contributed by atoms with Gasteiger partial charge in [-0.05, 0) is 90.8 Å². The normalized spacial score (nSPS) is 11.4. The third-order valence-electron chi connectivity index (χ3n) is 8.95. The van der Waals surface area contributed by atoms with Crippen LogP contribution in [-0.2, 0) is 0 Å². The molecule has 7 aromatic carbocycles. The standard InChI is InChI=1S/C43H28N4/c1-2-10-30(11-3-1)42-36-15-4-6-17-38(36)43(39-18-7-5-16-37(39)42)31-21-19-29(20-22-31)33-23-24-40-41(27-33)46-47(45-40)35-14-8-12-32(26-35)34-13-9-25-44-28-34/h1-28H. The minimum absolute atomic E-state index is 0.854. The van der Waals surface area contributed by atoms with Crippen LogP contribution >= 0.6 is 0 Å². The molecule has 0 bridgehead atoms. The molecule has 0 spiro atoms. The first-order valence-corrected chi connectivity index (χ1v) is 15.8. The van der Waals surface area contributed by atoms with Gasteiger partial charge in [-0.2, -0.15) is 4.80 Å². The van der Waals surface area contributed by atoms with Crippen molar-refractivity contribution in [3.8, 4) is 50.2 Å². The van der Waals surface area contributed by atoms with Crippen molar-refractivity contribution in [2.24, 2.45) is 0 Å². The molecule has 0 amide bonds. The molecule has 220 valence electrons. The number of benzene rings is 7. The summed E-state index contributed by atoms with van der Waals surface area (Å²) >= 11 is 0. The minimum atomic E-state index is 0.854. The van der Waals surface area contributed by atoms with Crippen LogP contribution in [0.25, 0.3) is 82.8 Å². The quantitative estimate of drug-likeness (QED) is 0.185. The zero-order valence-electron chi connectivity index (χ0n) is 25.5. The van der Waals surface area contributed by atoms with Crippen LogP contribution in [0, 0.1) is 0 Å². The second kappa shape index (κ2) is 11.2. The molecular weight excluding hydrogens is 573 g/mol. The van der Waals surface area contributed by atoms with Gasteiger partial charge in [0.05, 0.1) is 5.69 Å². The van der Waals surface area contributed by atoms with Gasteiger partial charge >= 0.3 is 0 Å². The first-order chi connectivity index (χ1) is 23.3. The van der Waals surface area contributed by atoms with Gasteiger partial charge in [0, 0.05) is 18.0 Å². The molecule has 0 saturated carbocycles. The molecular formula is C43H28N4. The maximum Gasteiger partial charge on any atom is 0.114 e. The fourth-order valence-corrected chi connectivity index (χ4v) is 6.74. The summed E-state index contributed by atoms with van der Waals surface area (Å²) in [6.45, 7) is 0. The minimum Gasteiger partial charge on any atom is -0.264 e. The summed E-state index contributed by atoms with van der Waals surface area (Å²) in [7, 11) is 0. The van der Waals surface area contributed by atoms with Crippen LogP contribution in [-0.4, -0.2) is 20.0 Å². The molecule has 0 atom stereocenters. The van der Waals surface area contributed by atoms with E-state index in [9.17, 15) is 0 Å². The maximum absolute atomic E-state index is 4.86. The summed E-state index contributed by atoms with van der Waals surface area (Å²) in [5.41, 5.74) is 12.0. The smallest absolute Gasteiger partial charge is 0.114 e. The van der Waals surface area contributed by atoms with Crippen molar-refractivity contribution in [3.63, 3.8) is 0 Å². The number of aromatic nitrogens is 4. The number of hydrogen-bond acceptors (Lipinski definition) is 3. The van der Waals surface area contributed by atoms with Gasteiger partial charge in [0.1, 0.15) is 11.0 Å². The fraction of sp³-hybridized carbons (Fsp3) is 0. The first-order valence-electron chi connectivity index (χ1n) is 15.8. The maximum atomic E-state index is 4.86. The van der Waals surface area contributed by atoms with Crippen LogP contribution in [0.5, 0.6) is 0 Å². The number of rotatable bonds is 5. The molecule has 9 rings (SSSR count). The predicted molar refractivity (Wildman–Crippen MR) is 193 cm³/mol. The monoisotopic (exact) mass is 600 g/mol. The lowest BCUT2D eigenvalue weighted by atomic mass is 9.86. The number of fused-ring (bicyclic) bond motifs is 3. The Labute approximate surface area is 272 Å². The van der Waals surface area contributed by atoms with E-state index in [4.69, 9.17) is 10.2 Å². The topological polar surface area (TPSA) is 43.6 Å². The highest BCUT2D eigenvalue weighted by Crippen LogP contribution is 2.43. The van der Waals surface area contributed by atoms with E-state index in [0.29, 0.717) is 0 Å². The van der Waals surface area contributed by atoms with Gasteiger partial charge in [0.15, 0.2) is 0 Å². The lowest BCUT2D eigenvalue weighted by Gasteiger charge is -2.18. The van der Waals surface area contributed by atoms with E-state index >= 15 is 0 Å². The zero-order valence-corrected chi connectivity index (χ0v) is 25.5. The molecule has 2 heterocycles. The summed E-state index contributed by atoms with van der Waals surface area (Å²) < 4.78 is 0. The van der Waals surface area contributed by atoms with Gasteiger partial charge in [-0.25, -0.2) is 0 Å². The van der Waals surface area contributed by atoms with Gasteiger partial charge < -0.3 is 0 Å². The summed E-state index contributed by atoms with van der Waals surface area (Å²) in [4.78, 5) is 5.98. The third-order valence-corrected chi connectivity index (χ3v) is 8.95. The van der Waals surface area contributed by atoms with E-state index in [2.05, 4.69) is 145 Å². The second-order valence-electron chi connectivity index (χ2n) is 11.8. The Hall–Kier alpha value is -6.39. The largest absolute Gasteiger partial charge is 0.264 e. The van der Waals surface area contributed by atoms with E-state index in [1.165, 1.54) is 43.8 Å². The molecule has 4 heteroatoms. The summed E-state index contributed by atoms with van der Waals surface area (Å²) in [5, 5.41) is 14.7. The van der Waals surface area contributed by atoms with Crippen molar-refractivity contribution >= 4 is 32.6 Å². The number of hydrogen-bond donors (Lipinski definition) is 0. The number of nitrogens with zero attached hydrogens (tertiary/aromatic N) is 4. The summed E-state index contributed by atoms with van der Waals surface area (Å²) in [6.07, 6.45) is 3.65.